The zero-order valence-corrected chi connectivity index (χ0v) is 18.3. The Bertz CT molecular complexity index is 812. The number of anilines is 1. The molecule has 3 rings (SSSR count). The van der Waals surface area contributed by atoms with Crippen LogP contribution in [0.3, 0.4) is 0 Å². The van der Waals surface area contributed by atoms with Crippen LogP contribution in [0.2, 0.25) is 5.02 Å². The number of urea groups is 1. The van der Waals surface area contributed by atoms with Crippen LogP contribution in [0, 0.1) is 0 Å². The number of carbonyl (C=O) groups excluding carboxylic acids is 2. The van der Waals surface area contributed by atoms with Gasteiger partial charge in [-0.3, -0.25) is 9.69 Å². The minimum atomic E-state index is -4.61. The number of amides is 3. The number of nitrogens with zero attached hydrogens (tertiary/aromatic N) is 3. The summed E-state index contributed by atoms with van der Waals surface area (Å²) in [7, 11) is 0. The number of benzene rings is 1. The maximum Gasteiger partial charge on any atom is 0.417 e. The lowest BCUT2D eigenvalue weighted by Gasteiger charge is -2.40. The molecule has 0 aromatic heterocycles. The van der Waals surface area contributed by atoms with Gasteiger partial charge in [-0.15, -0.1) is 0 Å². The van der Waals surface area contributed by atoms with Crippen LogP contribution >= 0.6 is 11.6 Å². The molecule has 2 aliphatic heterocycles. The topological polar surface area (TPSA) is 67.9 Å². The Balaban J connectivity index is 1.54. The van der Waals surface area contributed by atoms with Crippen molar-refractivity contribution in [2.24, 2.45) is 0 Å². The second-order valence-corrected chi connectivity index (χ2v) is 8.44. The Kier molecular flexibility index (Phi) is 7.33. The van der Waals surface area contributed by atoms with Gasteiger partial charge in [0.25, 0.3) is 0 Å². The maximum atomic E-state index is 13.0. The molecule has 11 heteroatoms. The molecule has 3 amide bonds. The largest absolute Gasteiger partial charge is 0.417 e. The summed E-state index contributed by atoms with van der Waals surface area (Å²) < 4.78 is 39.0. The van der Waals surface area contributed by atoms with E-state index in [9.17, 15) is 22.8 Å². The summed E-state index contributed by atoms with van der Waals surface area (Å²) in [5.41, 5.74) is -0.988. The van der Waals surface area contributed by atoms with E-state index in [0.717, 1.165) is 25.2 Å². The molecule has 1 aromatic rings. The van der Waals surface area contributed by atoms with Crippen LogP contribution in [0.5, 0.6) is 0 Å². The highest BCUT2D eigenvalue weighted by Crippen LogP contribution is 2.36. The highest BCUT2D eigenvalue weighted by atomic mass is 35.5. The summed E-state index contributed by atoms with van der Waals surface area (Å²) in [4.78, 5) is 30.8. The summed E-state index contributed by atoms with van der Waals surface area (Å²) in [5, 5.41) is 5.32. The van der Waals surface area contributed by atoms with Gasteiger partial charge in [0.15, 0.2) is 0 Å². The van der Waals surface area contributed by atoms with E-state index >= 15 is 0 Å². The third-order valence-corrected chi connectivity index (χ3v) is 5.97. The molecule has 0 radical (unpaired) electrons. The third-order valence-electron chi connectivity index (χ3n) is 5.64. The first kappa shape index (κ1) is 23.6. The molecule has 7 nitrogen and oxygen atoms in total. The van der Waals surface area contributed by atoms with E-state index in [2.05, 4.69) is 29.4 Å². The highest BCUT2D eigenvalue weighted by Gasteiger charge is 2.34. The number of hydrogen-bond acceptors (Lipinski definition) is 4. The summed E-state index contributed by atoms with van der Waals surface area (Å²) in [6, 6.07) is 2.83. The van der Waals surface area contributed by atoms with Crippen LogP contribution in [0.1, 0.15) is 19.4 Å². The zero-order valence-electron chi connectivity index (χ0n) is 17.5. The Hall–Kier alpha value is -2.04. The normalized spacial score (nSPS) is 20.8. The van der Waals surface area contributed by atoms with Crippen LogP contribution in [-0.2, 0) is 11.0 Å². The van der Waals surface area contributed by atoms with Crippen LogP contribution in [0.15, 0.2) is 18.2 Å². The molecule has 2 aliphatic rings. The van der Waals surface area contributed by atoms with Gasteiger partial charge in [-0.1, -0.05) is 11.6 Å². The first-order chi connectivity index (χ1) is 14.6. The van der Waals surface area contributed by atoms with Crippen LogP contribution < -0.4 is 10.6 Å². The van der Waals surface area contributed by atoms with Gasteiger partial charge in [-0.05, 0) is 32.0 Å². The van der Waals surface area contributed by atoms with Gasteiger partial charge >= 0.3 is 12.2 Å². The molecule has 0 aliphatic carbocycles. The van der Waals surface area contributed by atoms with Crippen LogP contribution in [0.25, 0.3) is 0 Å². The lowest BCUT2D eigenvalue weighted by molar-refractivity contribution is -0.137. The predicted molar refractivity (Wildman–Crippen MR) is 112 cm³/mol. The fourth-order valence-electron chi connectivity index (χ4n) is 3.78. The van der Waals surface area contributed by atoms with Gasteiger partial charge < -0.3 is 20.4 Å². The zero-order chi connectivity index (χ0) is 22.8. The maximum absolute atomic E-state index is 13.0. The Morgan fingerprint density at radius 2 is 1.77 bits per heavy atom. The Morgan fingerprint density at radius 1 is 1.13 bits per heavy atom. The molecule has 0 bridgehead atoms. The smallest absolute Gasteiger partial charge is 0.338 e. The van der Waals surface area contributed by atoms with Crippen LogP contribution in [0.4, 0.5) is 23.7 Å². The van der Waals surface area contributed by atoms with Gasteiger partial charge in [-0.2, -0.15) is 13.2 Å². The lowest BCUT2D eigenvalue weighted by Crippen LogP contribution is -2.61. The number of nitrogens with one attached hydrogen (secondary N) is 2. The standard InChI is InChI=1S/C20H27ClF3N5O2/c1-13(2)29-6-5-25-17(12-29)18(30)27-7-9-28(10-8-27)19(31)26-14-3-4-16(21)15(11-14)20(22,23)24/h3-4,11,13,17,25H,5-10,12H2,1-2H3,(H,26,31)/t17-/m1/s1. The molecule has 0 unspecified atom stereocenters. The average Bonchev–Trinajstić information content (AvgIpc) is 2.74. The minimum absolute atomic E-state index is 0.0120. The summed E-state index contributed by atoms with van der Waals surface area (Å²) in [6.07, 6.45) is -4.61. The van der Waals surface area contributed by atoms with Crippen molar-refractivity contribution in [2.75, 3.05) is 51.1 Å². The number of rotatable bonds is 3. The van der Waals surface area contributed by atoms with Crippen molar-refractivity contribution < 1.29 is 22.8 Å². The molecule has 172 valence electrons. The van der Waals surface area contributed by atoms with E-state index in [1.807, 2.05) is 0 Å². The molecule has 0 spiro atoms. The number of halogens is 4. The number of alkyl halides is 3. The number of carbonyl (C=O) groups is 2. The monoisotopic (exact) mass is 461 g/mol. The van der Waals surface area contributed by atoms with E-state index < -0.39 is 22.8 Å². The van der Waals surface area contributed by atoms with Crippen molar-refractivity contribution in [3.8, 4) is 0 Å². The molecule has 2 fully saturated rings. The van der Waals surface area contributed by atoms with Gasteiger partial charge in [0.1, 0.15) is 0 Å². The molecule has 1 aromatic carbocycles. The van der Waals surface area contributed by atoms with E-state index in [0.29, 0.717) is 38.8 Å². The number of hydrogen-bond donors (Lipinski definition) is 2. The Morgan fingerprint density at radius 3 is 2.39 bits per heavy atom. The fraction of sp³-hybridized carbons (Fsp3) is 0.600. The fourth-order valence-corrected chi connectivity index (χ4v) is 4.00. The van der Waals surface area contributed by atoms with E-state index in [4.69, 9.17) is 11.6 Å². The van der Waals surface area contributed by atoms with Crippen molar-refractivity contribution in [3.63, 3.8) is 0 Å². The summed E-state index contributed by atoms with van der Waals surface area (Å²) in [5.74, 6) is 0.0120. The minimum Gasteiger partial charge on any atom is -0.338 e. The highest BCUT2D eigenvalue weighted by molar-refractivity contribution is 6.31. The van der Waals surface area contributed by atoms with Crippen LogP contribution in [-0.4, -0.2) is 84.5 Å². The van der Waals surface area contributed by atoms with Crippen molar-refractivity contribution in [1.29, 1.82) is 0 Å². The van der Waals surface area contributed by atoms with E-state index in [-0.39, 0.29) is 17.6 Å². The first-order valence-corrected chi connectivity index (χ1v) is 10.6. The average molecular weight is 462 g/mol. The summed E-state index contributed by atoms with van der Waals surface area (Å²) >= 11 is 5.61. The molecular weight excluding hydrogens is 435 g/mol. The molecule has 2 saturated heterocycles. The van der Waals surface area contributed by atoms with Gasteiger partial charge in [0, 0.05) is 57.5 Å². The van der Waals surface area contributed by atoms with Gasteiger partial charge in [0.2, 0.25) is 5.91 Å². The molecule has 2 heterocycles. The lowest BCUT2D eigenvalue weighted by atomic mass is 10.1. The van der Waals surface area contributed by atoms with Gasteiger partial charge in [0.05, 0.1) is 16.6 Å². The second kappa shape index (κ2) is 9.62. The van der Waals surface area contributed by atoms with Gasteiger partial charge in [-0.25, -0.2) is 4.79 Å². The van der Waals surface area contributed by atoms with Crippen molar-refractivity contribution >= 4 is 29.2 Å². The predicted octanol–water partition coefficient (Wildman–Crippen LogP) is 2.72. The third kappa shape index (κ3) is 5.81. The quantitative estimate of drug-likeness (QED) is 0.726. The molecule has 0 saturated carbocycles. The summed E-state index contributed by atoms with van der Waals surface area (Å²) in [6.45, 7) is 7.85. The number of piperazine rings is 2. The van der Waals surface area contributed by atoms with Crippen molar-refractivity contribution in [1.82, 2.24) is 20.0 Å². The van der Waals surface area contributed by atoms with Crippen molar-refractivity contribution in [2.45, 2.75) is 32.1 Å². The molecule has 31 heavy (non-hydrogen) atoms. The van der Waals surface area contributed by atoms with Crippen molar-refractivity contribution in [3.05, 3.63) is 28.8 Å². The van der Waals surface area contributed by atoms with E-state index in [1.165, 1.54) is 11.0 Å². The second-order valence-electron chi connectivity index (χ2n) is 8.03. The Labute approximate surface area is 184 Å². The molecule has 1 atom stereocenters. The first-order valence-electron chi connectivity index (χ1n) is 10.2. The molecular formula is C20H27ClF3N5O2. The SMILES string of the molecule is CC(C)N1CCN[C@@H](C(=O)N2CCN(C(=O)Nc3ccc(Cl)c(C(F)(F)F)c3)CC2)C1. The molecule has 2 N–H and O–H groups in total. The van der Waals surface area contributed by atoms with E-state index in [1.54, 1.807) is 4.90 Å².